The minimum Gasteiger partial charge on any atom is -0.465 e. The van der Waals surface area contributed by atoms with Crippen LogP contribution in [0.4, 0.5) is 0 Å². The molecule has 430 valence electrons. The summed E-state index contributed by atoms with van der Waals surface area (Å²) in [5.41, 5.74) is 11.3. The Morgan fingerprint density at radius 3 is 0.988 bits per heavy atom. The number of esters is 2. The average molecular weight is 1360 g/mol. The van der Waals surface area contributed by atoms with Gasteiger partial charge in [-0.05, 0) is 222 Å². The molecule has 0 aliphatic carbocycles. The standard InChI is InChI=1S/C74H60I2O10/c1-79-49-69-16-8-18-71(85-69)83-47-63-37-61(43-67(75)45-63)30-24-55-14-6-12-53(33-55)22-28-59-35-57(39-65(41-59)73(77)81-3)26-20-51-10-5-11-52(32-51)21-27-58-36-60(42-66(40-58)74(78)82-4)29-23-54-13-7-15-56(34-54)25-31-62-38-64(46-68(76)44-62)48-84-72-19-9-17-70(86-72)50-80-2/h5-7,10-15,32-46,69-72H,8-9,16-19,47-50H2,1-4H3. The van der Waals surface area contributed by atoms with Gasteiger partial charge in [0.2, 0.25) is 0 Å². The highest BCUT2D eigenvalue weighted by molar-refractivity contribution is 14.1. The largest absolute Gasteiger partial charge is 0.465 e. The third kappa shape index (κ3) is 19.5. The van der Waals surface area contributed by atoms with Crippen LogP contribution >= 0.6 is 45.2 Å². The summed E-state index contributed by atoms with van der Waals surface area (Å²) in [5, 5.41) is 0. The lowest BCUT2D eigenvalue weighted by Gasteiger charge is -2.29. The minimum absolute atomic E-state index is 0.0545. The van der Waals surface area contributed by atoms with Gasteiger partial charge in [-0.3, -0.25) is 0 Å². The van der Waals surface area contributed by atoms with E-state index >= 15 is 0 Å². The number of carbonyl (C=O) groups is 2. The van der Waals surface area contributed by atoms with E-state index in [1.54, 1.807) is 38.5 Å². The second-order valence-corrected chi connectivity index (χ2v) is 22.8. The van der Waals surface area contributed by atoms with E-state index in [2.05, 4.69) is 128 Å². The van der Waals surface area contributed by atoms with Crippen LogP contribution in [0.2, 0.25) is 0 Å². The number of benzene rings is 7. The maximum absolute atomic E-state index is 12.9. The van der Waals surface area contributed by atoms with Crippen molar-refractivity contribution in [2.75, 3.05) is 41.7 Å². The number of hydrogen-bond acceptors (Lipinski definition) is 10. The first-order chi connectivity index (χ1) is 41.9. The van der Waals surface area contributed by atoms with E-state index in [1.165, 1.54) is 14.2 Å². The van der Waals surface area contributed by atoms with Crippen molar-refractivity contribution < 1.29 is 47.5 Å². The number of hydrogen-bond donors (Lipinski definition) is 0. The highest BCUT2D eigenvalue weighted by Gasteiger charge is 2.24. The Labute approximate surface area is 531 Å². The molecule has 2 fully saturated rings. The fourth-order valence-corrected chi connectivity index (χ4v) is 11.0. The SMILES string of the molecule is COCC1CCCC(OCc2cc(I)cc(C#Cc3cccc(C#Cc4cc(C#Cc5cccc(C#Cc6cc(C#Cc7cccc(C#Cc8cc(I)cc(COC9CCCC(COC)O9)c8)c7)cc(C(=O)OC)c6)c5)cc(C(=O)OC)c4)c3)c2)O1. The van der Waals surface area contributed by atoms with Gasteiger partial charge < -0.3 is 37.9 Å². The number of rotatable bonds is 12. The van der Waals surface area contributed by atoms with Crippen molar-refractivity contribution in [2.45, 2.75) is 76.5 Å². The number of ether oxygens (including phenoxy) is 8. The molecule has 2 aliphatic rings. The van der Waals surface area contributed by atoms with Crippen molar-refractivity contribution in [3.63, 3.8) is 0 Å². The maximum Gasteiger partial charge on any atom is 0.337 e. The molecule has 4 unspecified atom stereocenters. The third-order valence-electron chi connectivity index (χ3n) is 13.5. The van der Waals surface area contributed by atoms with Gasteiger partial charge in [-0.1, -0.05) is 89.2 Å². The molecule has 2 saturated heterocycles. The van der Waals surface area contributed by atoms with Gasteiger partial charge in [-0.25, -0.2) is 9.59 Å². The van der Waals surface area contributed by atoms with Crippen LogP contribution in [0.3, 0.4) is 0 Å². The van der Waals surface area contributed by atoms with E-state index in [0.29, 0.717) is 70.9 Å². The van der Waals surface area contributed by atoms with Crippen LogP contribution in [0.25, 0.3) is 0 Å². The molecule has 7 aromatic carbocycles. The molecule has 2 heterocycles. The van der Waals surface area contributed by atoms with Gasteiger partial charge in [-0.2, -0.15) is 0 Å². The zero-order chi connectivity index (χ0) is 60.0. The summed E-state index contributed by atoms with van der Waals surface area (Å²) < 4.78 is 47.3. The highest BCUT2D eigenvalue weighted by atomic mass is 127. The summed E-state index contributed by atoms with van der Waals surface area (Å²) in [6.07, 6.45) is 5.34. The Hall–Kier alpha value is -7.94. The second kappa shape index (κ2) is 32.0. The molecule has 7 aromatic rings. The highest BCUT2D eigenvalue weighted by Crippen LogP contribution is 2.25. The van der Waals surface area contributed by atoms with Gasteiger partial charge in [0, 0.05) is 88.1 Å². The Balaban J connectivity index is 0.867. The molecule has 4 atom stereocenters. The second-order valence-electron chi connectivity index (χ2n) is 20.3. The molecule has 0 amide bonds. The summed E-state index contributed by atoms with van der Waals surface area (Å²) in [6.45, 7) is 1.97. The van der Waals surface area contributed by atoms with Crippen molar-refractivity contribution in [2.24, 2.45) is 0 Å². The molecular formula is C74H60I2O10. The topological polar surface area (TPSA) is 108 Å². The molecule has 2 aliphatic heterocycles. The first kappa shape index (κ1) is 62.6. The zero-order valence-corrected chi connectivity index (χ0v) is 52.4. The Morgan fingerprint density at radius 2 is 0.686 bits per heavy atom. The Morgan fingerprint density at radius 1 is 0.395 bits per heavy atom. The van der Waals surface area contributed by atoms with Crippen molar-refractivity contribution in [3.8, 4) is 71.0 Å². The molecule has 86 heavy (non-hydrogen) atoms. The van der Waals surface area contributed by atoms with Gasteiger partial charge in [0.05, 0.1) is 64.0 Å². The zero-order valence-electron chi connectivity index (χ0n) is 48.1. The van der Waals surface area contributed by atoms with Crippen LogP contribution in [0.15, 0.2) is 146 Å². The van der Waals surface area contributed by atoms with Gasteiger partial charge in [0.1, 0.15) is 0 Å². The Kier molecular flexibility index (Phi) is 23.3. The monoisotopic (exact) mass is 1360 g/mol. The van der Waals surface area contributed by atoms with Crippen molar-refractivity contribution in [1.82, 2.24) is 0 Å². The lowest BCUT2D eigenvalue weighted by Crippen LogP contribution is -2.32. The van der Waals surface area contributed by atoms with Gasteiger partial charge >= 0.3 is 11.9 Å². The fraction of sp³-hybridized carbons (Fsp3) is 0.243. The molecule has 0 spiro atoms. The van der Waals surface area contributed by atoms with E-state index in [9.17, 15) is 9.59 Å². The van der Waals surface area contributed by atoms with Gasteiger partial charge in [0.25, 0.3) is 0 Å². The van der Waals surface area contributed by atoms with E-state index in [-0.39, 0.29) is 24.8 Å². The predicted octanol–water partition coefficient (Wildman–Crippen LogP) is 13.0. The molecule has 10 nitrogen and oxygen atoms in total. The minimum atomic E-state index is -0.506. The summed E-state index contributed by atoms with van der Waals surface area (Å²) in [5.74, 6) is 38.0. The summed E-state index contributed by atoms with van der Waals surface area (Å²) >= 11 is 4.61. The summed E-state index contributed by atoms with van der Waals surface area (Å²) in [4.78, 5) is 25.7. The molecule has 12 heteroatoms. The maximum atomic E-state index is 12.9. The molecule has 0 N–H and O–H groups in total. The fourth-order valence-electron chi connectivity index (χ4n) is 9.48. The molecule has 0 radical (unpaired) electrons. The van der Waals surface area contributed by atoms with Gasteiger partial charge in [-0.15, -0.1) is 0 Å². The predicted molar refractivity (Wildman–Crippen MR) is 347 cm³/mol. The van der Waals surface area contributed by atoms with Crippen LogP contribution in [0, 0.1) is 78.2 Å². The number of halogens is 2. The third-order valence-corrected chi connectivity index (χ3v) is 14.8. The van der Waals surface area contributed by atoms with E-state index in [0.717, 1.165) is 90.2 Å². The number of methoxy groups -OCH3 is 4. The van der Waals surface area contributed by atoms with Crippen LogP contribution in [-0.2, 0) is 51.1 Å². The molecular weight excluding hydrogens is 1300 g/mol. The first-order valence-electron chi connectivity index (χ1n) is 27.9. The smallest absolute Gasteiger partial charge is 0.337 e. The first-order valence-corrected chi connectivity index (χ1v) is 30.1. The van der Waals surface area contributed by atoms with Crippen LogP contribution in [-0.4, -0.2) is 78.4 Å². The molecule has 9 rings (SSSR count). The Bertz CT molecular complexity index is 3760. The van der Waals surface area contributed by atoms with Crippen LogP contribution in [0.5, 0.6) is 0 Å². The van der Waals surface area contributed by atoms with Crippen molar-refractivity contribution in [3.05, 3.63) is 242 Å². The van der Waals surface area contributed by atoms with Crippen LogP contribution in [0.1, 0.15) is 137 Å². The summed E-state index contributed by atoms with van der Waals surface area (Å²) in [6, 6.07) is 45.7. The van der Waals surface area contributed by atoms with E-state index < -0.39 is 11.9 Å². The van der Waals surface area contributed by atoms with Crippen molar-refractivity contribution >= 4 is 57.1 Å². The lowest BCUT2D eigenvalue weighted by atomic mass is 10.0. The normalized spacial score (nSPS) is 15.8. The van der Waals surface area contributed by atoms with Crippen molar-refractivity contribution in [1.29, 1.82) is 0 Å². The molecule has 0 saturated carbocycles. The van der Waals surface area contributed by atoms with E-state index in [4.69, 9.17) is 37.9 Å². The van der Waals surface area contributed by atoms with Crippen LogP contribution < -0.4 is 0 Å². The summed E-state index contributed by atoms with van der Waals surface area (Å²) in [7, 11) is 6.05. The molecule has 0 bridgehead atoms. The van der Waals surface area contributed by atoms with Gasteiger partial charge in [0.15, 0.2) is 12.6 Å². The van der Waals surface area contributed by atoms with E-state index in [1.807, 2.05) is 109 Å². The lowest BCUT2D eigenvalue weighted by molar-refractivity contribution is -0.208. The number of carbonyl (C=O) groups excluding carboxylic acids is 2. The average Bonchev–Trinajstić information content (AvgIpc) is 3.48. The molecule has 0 aromatic heterocycles. The quantitative estimate of drug-likeness (QED) is 0.0667.